The first-order chi connectivity index (χ1) is 12.1. The lowest BCUT2D eigenvalue weighted by Crippen LogP contribution is -2.24. The van der Waals surface area contributed by atoms with Crippen LogP contribution < -0.4 is 4.90 Å². The second-order valence-electron chi connectivity index (χ2n) is 6.59. The molecular formula is C19H19N3O3. The number of hydrogen-bond acceptors (Lipinski definition) is 5. The van der Waals surface area contributed by atoms with Crippen molar-refractivity contribution in [3.63, 3.8) is 0 Å². The molecule has 1 saturated heterocycles. The minimum atomic E-state index is -0.0789. The lowest BCUT2D eigenvalue weighted by molar-refractivity contribution is -0.117. The number of carbonyl (C=O) groups excluding carboxylic acids is 1. The summed E-state index contributed by atoms with van der Waals surface area (Å²) in [5.41, 5.74) is 2.17. The molecule has 128 valence electrons. The summed E-state index contributed by atoms with van der Waals surface area (Å²) in [5.74, 6) is 1.88. The maximum atomic E-state index is 12.4. The molecule has 3 heterocycles. The van der Waals surface area contributed by atoms with Crippen LogP contribution in [0.2, 0.25) is 0 Å². The highest BCUT2D eigenvalue weighted by Gasteiger charge is 2.34. The maximum Gasteiger partial charge on any atom is 0.293 e. The number of amides is 1. The van der Waals surface area contributed by atoms with Crippen LogP contribution in [0.5, 0.6) is 0 Å². The average molecular weight is 337 g/mol. The molecule has 2 aromatic heterocycles. The van der Waals surface area contributed by atoms with Gasteiger partial charge in [-0.3, -0.25) is 4.79 Å². The van der Waals surface area contributed by atoms with Gasteiger partial charge in [-0.2, -0.15) is 4.98 Å². The van der Waals surface area contributed by atoms with Gasteiger partial charge in [0, 0.05) is 24.6 Å². The molecule has 0 radical (unpaired) electrons. The van der Waals surface area contributed by atoms with Crippen LogP contribution in [0.3, 0.4) is 0 Å². The molecule has 1 amide bonds. The van der Waals surface area contributed by atoms with E-state index in [0.717, 1.165) is 5.69 Å². The number of hydrogen-bond donors (Lipinski definition) is 0. The number of carbonyl (C=O) groups is 1. The highest BCUT2D eigenvalue weighted by atomic mass is 16.5. The fourth-order valence-electron chi connectivity index (χ4n) is 3.07. The third kappa shape index (κ3) is 2.95. The molecule has 0 N–H and O–H groups in total. The summed E-state index contributed by atoms with van der Waals surface area (Å²) < 4.78 is 10.5. The van der Waals surface area contributed by atoms with E-state index in [2.05, 4.69) is 36.1 Å². The Kier molecular flexibility index (Phi) is 3.87. The van der Waals surface area contributed by atoms with Gasteiger partial charge < -0.3 is 13.8 Å². The molecule has 4 rings (SSSR count). The maximum absolute atomic E-state index is 12.4. The number of anilines is 1. The monoisotopic (exact) mass is 337 g/mol. The zero-order chi connectivity index (χ0) is 17.4. The normalized spacial score (nSPS) is 17.6. The Morgan fingerprint density at radius 3 is 2.68 bits per heavy atom. The molecule has 1 aromatic carbocycles. The summed E-state index contributed by atoms with van der Waals surface area (Å²) in [6.45, 7) is 4.86. The van der Waals surface area contributed by atoms with E-state index in [-0.39, 0.29) is 11.8 Å². The van der Waals surface area contributed by atoms with Gasteiger partial charge in [0.15, 0.2) is 11.6 Å². The molecule has 0 aliphatic carbocycles. The van der Waals surface area contributed by atoms with Crippen molar-refractivity contribution >= 4 is 11.6 Å². The molecule has 0 bridgehead atoms. The second-order valence-corrected chi connectivity index (χ2v) is 6.59. The van der Waals surface area contributed by atoms with Crippen LogP contribution in [0.4, 0.5) is 5.69 Å². The smallest absolute Gasteiger partial charge is 0.293 e. The van der Waals surface area contributed by atoms with Crippen molar-refractivity contribution in [1.29, 1.82) is 0 Å². The van der Waals surface area contributed by atoms with Gasteiger partial charge in [0.25, 0.3) is 5.89 Å². The largest absolute Gasteiger partial charge is 0.459 e. The Labute approximate surface area is 145 Å². The molecule has 1 atom stereocenters. The first kappa shape index (κ1) is 15.6. The Bertz CT molecular complexity index is 866. The van der Waals surface area contributed by atoms with Gasteiger partial charge in [-0.15, -0.1) is 0 Å². The highest BCUT2D eigenvalue weighted by molar-refractivity contribution is 5.96. The molecule has 25 heavy (non-hydrogen) atoms. The van der Waals surface area contributed by atoms with Gasteiger partial charge >= 0.3 is 0 Å². The molecule has 1 unspecified atom stereocenters. The average Bonchev–Trinajstić information content (AvgIpc) is 3.35. The van der Waals surface area contributed by atoms with Crippen molar-refractivity contribution < 1.29 is 13.7 Å². The van der Waals surface area contributed by atoms with Gasteiger partial charge in [0.1, 0.15) is 0 Å². The molecule has 1 aliphatic rings. The Morgan fingerprint density at radius 1 is 1.20 bits per heavy atom. The standard InChI is InChI=1S/C19H19N3O3/c1-12(2)13-5-7-15(8-6-13)22-11-14(10-17(22)23)18-20-19(25-21-18)16-4-3-9-24-16/h3-9,12,14H,10-11H2,1-2H3. The lowest BCUT2D eigenvalue weighted by Gasteiger charge is -2.17. The molecule has 6 heteroatoms. The minimum absolute atomic E-state index is 0.0756. The predicted molar refractivity (Wildman–Crippen MR) is 92.2 cm³/mol. The van der Waals surface area contributed by atoms with Crippen molar-refractivity contribution in [2.24, 2.45) is 0 Å². The summed E-state index contributed by atoms with van der Waals surface area (Å²) in [6.07, 6.45) is 1.93. The van der Waals surface area contributed by atoms with Crippen LogP contribution in [-0.4, -0.2) is 22.6 Å². The van der Waals surface area contributed by atoms with Crippen LogP contribution in [0.1, 0.15) is 43.5 Å². The number of nitrogens with zero attached hydrogens (tertiary/aromatic N) is 3. The number of furan rings is 1. The quantitative estimate of drug-likeness (QED) is 0.720. The third-order valence-corrected chi connectivity index (χ3v) is 4.54. The van der Waals surface area contributed by atoms with Crippen molar-refractivity contribution in [3.05, 3.63) is 54.0 Å². The summed E-state index contributed by atoms with van der Waals surface area (Å²) in [5, 5.41) is 4.03. The number of aromatic nitrogens is 2. The van der Waals surface area contributed by atoms with Crippen LogP contribution >= 0.6 is 0 Å². The molecule has 6 nitrogen and oxygen atoms in total. The van der Waals surface area contributed by atoms with Crippen molar-refractivity contribution in [3.8, 4) is 11.7 Å². The van der Waals surface area contributed by atoms with Crippen molar-refractivity contribution in [1.82, 2.24) is 10.1 Å². The van der Waals surface area contributed by atoms with Crippen molar-refractivity contribution in [2.45, 2.75) is 32.1 Å². The van der Waals surface area contributed by atoms with Crippen LogP contribution in [0.15, 0.2) is 51.6 Å². The lowest BCUT2D eigenvalue weighted by atomic mass is 10.0. The van der Waals surface area contributed by atoms with E-state index in [1.807, 2.05) is 12.1 Å². The summed E-state index contributed by atoms with van der Waals surface area (Å²) in [4.78, 5) is 18.6. The number of rotatable bonds is 4. The van der Waals surface area contributed by atoms with E-state index in [1.165, 1.54) is 5.56 Å². The zero-order valence-corrected chi connectivity index (χ0v) is 14.2. The van der Waals surface area contributed by atoms with Gasteiger partial charge in [-0.25, -0.2) is 0 Å². The van der Waals surface area contributed by atoms with Gasteiger partial charge in [-0.1, -0.05) is 31.1 Å². The first-order valence-electron chi connectivity index (χ1n) is 8.39. The predicted octanol–water partition coefficient (Wildman–Crippen LogP) is 3.97. The first-order valence-corrected chi connectivity index (χ1v) is 8.39. The Hall–Kier alpha value is -2.89. The fraction of sp³-hybridized carbons (Fsp3) is 0.316. The van der Waals surface area contributed by atoms with E-state index >= 15 is 0 Å². The second kappa shape index (κ2) is 6.20. The molecule has 1 fully saturated rings. The van der Waals surface area contributed by atoms with Gasteiger partial charge in [0.05, 0.1) is 6.26 Å². The summed E-state index contributed by atoms with van der Waals surface area (Å²) in [7, 11) is 0. The zero-order valence-electron chi connectivity index (χ0n) is 14.2. The SMILES string of the molecule is CC(C)c1ccc(N2CC(c3noc(-c4ccco4)n3)CC2=O)cc1. The fourth-order valence-corrected chi connectivity index (χ4v) is 3.07. The van der Waals surface area contributed by atoms with E-state index in [9.17, 15) is 4.79 Å². The van der Waals surface area contributed by atoms with E-state index in [0.29, 0.717) is 36.4 Å². The van der Waals surface area contributed by atoms with E-state index in [1.54, 1.807) is 23.3 Å². The van der Waals surface area contributed by atoms with Gasteiger partial charge in [-0.05, 0) is 35.7 Å². The van der Waals surface area contributed by atoms with Gasteiger partial charge in [0.2, 0.25) is 5.91 Å². The molecular weight excluding hydrogens is 318 g/mol. The molecule has 0 spiro atoms. The minimum Gasteiger partial charge on any atom is -0.459 e. The number of benzene rings is 1. The van der Waals surface area contributed by atoms with Crippen molar-refractivity contribution in [2.75, 3.05) is 11.4 Å². The Balaban J connectivity index is 1.52. The molecule has 3 aromatic rings. The topological polar surface area (TPSA) is 72.4 Å². The Morgan fingerprint density at radius 2 is 2.00 bits per heavy atom. The summed E-state index contributed by atoms with van der Waals surface area (Å²) >= 11 is 0. The highest BCUT2D eigenvalue weighted by Crippen LogP contribution is 2.32. The van der Waals surface area contributed by atoms with E-state index < -0.39 is 0 Å². The van der Waals surface area contributed by atoms with Crippen LogP contribution in [0.25, 0.3) is 11.7 Å². The molecule has 0 saturated carbocycles. The summed E-state index contributed by atoms with van der Waals surface area (Å²) in [6, 6.07) is 11.7. The molecule has 1 aliphatic heterocycles. The van der Waals surface area contributed by atoms with E-state index in [4.69, 9.17) is 8.94 Å². The van der Waals surface area contributed by atoms with Crippen LogP contribution in [0, 0.1) is 0 Å². The van der Waals surface area contributed by atoms with Crippen LogP contribution in [-0.2, 0) is 4.79 Å². The third-order valence-electron chi connectivity index (χ3n) is 4.54.